The van der Waals surface area contributed by atoms with Crippen LogP contribution in [-0.4, -0.2) is 25.4 Å². The second-order valence-electron chi connectivity index (χ2n) is 4.13. The molecule has 0 aliphatic carbocycles. The van der Waals surface area contributed by atoms with Gasteiger partial charge in [0, 0.05) is 14.1 Å². The van der Waals surface area contributed by atoms with Crippen LogP contribution < -0.4 is 11.2 Å². The number of benzene rings is 1. The number of aryl methyl sites for hydroxylation is 1. The van der Waals surface area contributed by atoms with Gasteiger partial charge in [0.15, 0.2) is 5.03 Å². The first kappa shape index (κ1) is 15.0. The third-order valence-electron chi connectivity index (χ3n) is 2.68. The molecule has 0 aliphatic rings. The number of aromatic carboxylic acids is 1. The Hall–Kier alpha value is -2.42. The first-order valence-electron chi connectivity index (χ1n) is 5.66. The van der Waals surface area contributed by atoms with Gasteiger partial charge in [-0.15, -0.1) is 0 Å². The highest BCUT2D eigenvalue weighted by Crippen LogP contribution is 2.27. The summed E-state index contributed by atoms with van der Waals surface area (Å²) in [6.45, 7) is 0. The first-order valence-corrected chi connectivity index (χ1v) is 6.48. The summed E-state index contributed by atoms with van der Waals surface area (Å²) < 4.78 is 15.5. The molecule has 0 atom stereocenters. The van der Waals surface area contributed by atoms with Crippen LogP contribution in [0.1, 0.15) is 10.4 Å². The molecule has 2 rings (SSSR count). The molecule has 0 unspecified atom stereocenters. The lowest BCUT2D eigenvalue weighted by atomic mass is 10.2. The molecule has 1 heterocycles. The van der Waals surface area contributed by atoms with Gasteiger partial charge in [0.1, 0.15) is 5.82 Å². The Labute approximate surface area is 121 Å². The molecule has 1 N–H and O–H groups in total. The summed E-state index contributed by atoms with van der Waals surface area (Å²) >= 11 is 0.667. The molecule has 0 radical (unpaired) electrons. The van der Waals surface area contributed by atoms with Crippen molar-refractivity contribution in [3.8, 4) is 0 Å². The van der Waals surface area contributed by atoms with Crippen molar-refractivity contribution in [2.45, 2.75) is 9.92 Å². The van der Waals surface area contributed by atoms with Gasteiger partial charge in [-0.3, -0.25) is 9.36 Å². The molecule has 1 aromatic carbocycles. The van der Waals surface area contributed by atoms with Crippen molar-refractivity contribution in [3.63, 3.8) is 0 Å². The summed E-state index contributed by atoms with van der Waals surface area (Å²) in [5.41, 5.74) is -1.40. The summed E-state index contributed by atoms with van der Waals surface area (Å²) in [7, 11) is 2.64. The number of carbonyl (C=O) groups is 1. The summed E-state index contributed by atoms with van der Waals surface area (Å²) in [4.78, 5) is 34.2. The predicted molar refractivity (Wildman–Crippen MR) is 72.2 cm³/mol. The van der Waals surface area contributed by atoms with E-state index in [0.29, 0.717) is 11.8 Å². The van der Waals surface area contributed by atoms with Crippen molar-refractivity contribution in [3.05, 3.63) is 50.4 Å². The normalized spacial score (nSPS) is 10.6. The molecular formula is C12H10FN3O4S. The largest absolute Gasteiger partial charge is 0.478 e. The predicted octanol–water partition coefficient (Wildman–Crippen LogP) is 0.467. The van der Waals surface area contributed by atoms with E-state index in [1.165, 1.54) is 14.1 Å². The summed E-state index contributed by atoms with van der Waals surface area (Å²) in [6, 6.07) is 3.22. The smallest absolute Gasteiger partial charge is 0.346 e. The van der Waals surface area contributed by atoms with E-state index in [9.17, 15) is 18.8 Å². The highest BCUT2D eigenvalue weighted by Gasteiger charge is 2.15. The zero-order valence-electron chi connectivity index (χ0n) is 11.0. The highest BCUT2D eigenvalue weighted by atomic mass is 32.2. The third-order valence-corrected chi connectivity index (χ3v) is 3.66. The van der Waals surface area contributed by atoms with Crippen LogP contribution in [0.25, 0.3) is 0 Å². The minimum atomic E-state index is -1.21. The average Bonchev–Trinajstić information content (AvgIpc) is 2.44. The van der Waals surface area contributed by atoms with Gasteiger partial charge in [-0.05, 0) is 18.2 Å². The van der Waals surface area contributed by atoms with E-state index >= 15 is 0 Å². The summed E-state index contributed by atoms with van der Waals surface area (Å²) in [5, 5.41) is 12.5. The van der Waals surface area contributed by atoms with Crippen LogP contribution in [0.2, 0.25) is 0 Å². The Bertz CT molecular complexity index is 843. The van der Waals surface area contributed by atoms with Gasteiger partial charge < -0.3 is 5.11 Å². The summed E-state index contributed by atoms with van der Waals surface area (Å²) in [5.74, 6) is -1.89. The van der Waals surface area contributed by atoms with E-state index in [1.54, 1.807) is 0 Å². The van der Waals surface area contributed by atoms with Crippen LogP contribution in [-0.2, 0) is 14.1 Å². The van der Waals surface area contributed by atoms with Crippen molar-refractivity contribution >= 4 is 17.7 Å². The number of aromatic nitrogens is 3. The van der Waals surface area contributed by atoms with Crippen LogP contribution in [0, 0.1) is 5.82 Å². The molecule has 0 spiro atoms. The van der Waals surface area contributed by atoms with E-state index in [4.69, 9.17) is 5.11 Å². The van der Waals surface area contributed by atoms with Crippen LogP contribution in [0.5, 0.6) is 0 Å². The van der Waals surface area contributed by atoms with Crippen LogP contribution >= 0.6 is 11.8 Å². The zero-order valence-corrected chi connectivity index (χ0v) is 11.8. The maximum atomic E-state index is 13.7. The number of carboxylic acid groups (broad SMARTS) is 1. The Balaban J connectivity index is 2.53. The molecule has 21 heavy (non-hydrogen) atoms. The van der Waals surface area contributed by atoms with Crippen molar-refractivity contribution < 1.29 is 14.3 Å². The molecular weight excluding hydrogens is 301 g/mol. The van der Waals surface area contributed by atoms with Crippen LogP contribution in [0.3, 0.4) is 0 Å². The van der Waals surface area contributed by atoms with Crippen LogP contribution in [0.15, 0.2) is 37.7 Å². The van der Waals surface area contributed by atoms with Gasteiger partial charge >= 0.3 is 11.7 Å². The molecule has 7 nitrogen and oxygen atoms in total. The first-order chi connectivity index (χ1) is 9.81. The van der Waals surface area contributed by atoms with E-state index in [2.05, 4.69) is 5.10 Å². The molecule has 9 heteroatoms. The minimum absolute atomic E-state index is 0.0573. The van der Waals surface area contributed by atoms with Gasteiger partial charge in [0.05, 0.1) is 10.5 Å². The van der Waals surface area contributed by atoms with Gasteiger partial charge in [-0.25, -0.2) is 18.7 Å². The lowest BCUT2D eigenvalue weighted by Gasteiger charge is -2.06. The fourth-order valence-electron chi connectivity index (χ4n) is 1.55. The maximum absolute atomic E-state index is 13.7. The number of carboxylic acids is 1. The van der Waals surface area contributed by atoms with Crippen molar-refractivity contribution in [1.82, 2.24) is 14.3 Å². The molecule has 110 valence electrons. The lowest BCUT2D eigenvalue weighted by molar-refractivity contribution is 0.0696. The highest BCUT2D eigenvalue weighted by molar-refractivity contribution is 7.99. The molecule has 0 saturated heterocycles. The summed E-state index contributed by atoms with van der Waals surface area (Å²) in [6.07, 6.45) is 0. The minimum Gasteiger partial charge on any atom is -0.478 e. The number of hydrogen-bond acceptors (Lipinski definition) is 5. The van der Waals surface area contributed by atoms with Crippen molar-refractivity contribution in [1.29, 1.82) is 0 Å². The standard InChI is InChI=1S/C12H10FN3O4S/c1-15-10(17)9(14-16(2)12(15)20)21-8-5-6(11(18)19)3-4-7(8)13/h3-5H,1-2H3,(H,18,19). The van der Waals surface area contributed by atoms with Gasteiger partial charge in [-0.2, -0.15) is 5.10 Å². The molecule has 0 amide bonds. The molecule has 0 bridgehead atoms. The van der Waals surface area contributed by atoms with Crippen molar-refractivity contribution in [2.75, 3.05) is 0 Å². The fourth-order valence-corrected chi connectivity index (χ4v) is 2.50. The van der Waals surface area contributed by atoms with Gasteiger partial charge in [-0.1, -0.05) is 11.8 Å². The van der Waals surface area contributed by atoms with Crippen LogP contribution in [0.4, 0.5) is 4.39 Å². The molecule has 0 saturated carbocycles. The number of nitrogens with zero attached hydrogens (tertiary/aromatic N) is 3. The van der Waals surface area contributed by atoms with Gasteiger partial charge in [0.25, 0.3) is 5.56 Å². The van der Waals surface area contributed by atoms with E-state index in [1.807, 2.05) is 0 Å². The van der Waals surface area contributed by atoms with E-state index < -0.39 is 23.0 Å². The number of hydrogen-bond donors (Lipinski definition) is 1. The Morgan fingerprint density at radius 3 is 2.62 bits per heavy atom. The topological polar surface area (TPSA) is 94.2 Å². The second kappa shape index (κ2) is 5.52. The Morgan fingerprint density at radius 1 is 1.33 bits per heavy atom. The maximum Gasteiger partial charge on any atom is 0.346 e. The second-order valence-corrected chi connectivity index (χ2v) is 5.16. The van der Waals surface area contributed by atoms with Gasteiger partial charge in [0.2, 0.25) is 0 Å². The zero-order chi connectivity index (χ0) is 15.7. The SMILES string of the molecule is Cn1nc(Sc2cc(C(=O)O)ccc2F)c(=O)n(C)c1=O. The fraction of sp³-hybridized carbons (Fsp3) is 0.167. The average molecular weight is 311 g/mol. The monoisotopic (exact) mass is 311 g/mol. The molecule has 0 aliphatic heterocycles. The lowest BCUT2D eigenvalue weighted by Crippen LogP contribution is -2.39. The Kier molecular flexibility index (Phi) is 3.94. The Morgan fingerprint density at radius 2 is 2.00 bits per heavy atom. The van der Waals surface area contributed by atoms with Crippen molar-refractivity contribution in [2.24, 2.45) is 14.1 Å². The number of halogens is 1. The van der Waals surface area contributed by atoms with E-state index in [0.717, 1.165) is 27.4 Å². The van der Waals surface area contributed by atoms with E-state index in [-0.39, 0.29) is 15.5 Å². The molecule has 0 fully saturated rings. The number of rotatable bonds is 3. The quantitative estimate of drug-likeness (QED) is 0.885. The molecule has 1 aromatic heterocycles. The third kappa shape index (κ3) is 2.87. The molecule has 2 aromatic rings.